The van der Waals surface area contributed by atoms with E-state index in [1.165, 1.54) is 18.2 Å². The number of sulfonamides is 1. The van der Waals surface area contributed by atoms with Gasteiger partial charge in [0.1, 0.15) is 5.82 Å². The quantitative estimate of drug-likeness (QED) is 0.904. The highest BCUT2D eigenvalue weighted by molar-refractivity contribution is 7.92. The average molecular weight is 334 g/mol. The third-order valence-electron chi connectivity index (χ3n) is 2.69. The van der Waals surface area contributed by atoms with Gasteiger partial charge in [-0.05, 0) is 30.3 Å². The van der Waals surface area contributed by atoms with Crippen LogP contribution < -0.4 is 4.72 Å². The summed E-state index contributed by atoms with van der Waals surface area (Å²) in [5, 5.41) is 8.72. The van der Waals surface area contributed by atoms with Crippen molar-refractivity contribution in [1.82, 2.24) is 0 Å². The summed E-state index contributed by atoms with van der Waals surface area (Å²) in [7, 11) is -4.13. The van der Waals surface area contributed by atoms with Crippen molar-refractivity contribution in [1.29, 1.82) is 0 Å². The minimum Gasteiger partial charge on any atom is -0.392 e. The Morgan fingerprint density at radius 1 is 1.19 bits per heavy atom. The lowest BCUT2D eigenvalue weighted by Crippen LogP contribution is -2.14. The van der Waals surface area contributed by atoms with Gasteiger partial charge in [0.15, 0.2) is 5.82 Å². The maximum Gasteiger partial charge on any atom is 0.262 e. The minimum absolute atomic E-state index is 0.176. The van der Waals surface area contributed by atoms with Crippen LogP contribution in [0.4, 0.5) is 14.5 Å². The van der Waals surface area contributed by atoms with E-state index in [1.54, 1.807) is 0 Å². The summed E-state index contributed by atoms with van der Waals surface area (Å²) in [5.74, 6) is -1.64. The second-order valence-electron chi connectivity index (χ2n) is 4.12. The van der Waals surface area contributed by atoms with E-state index in [0.717, 1.165) is 18.2 Å². The van der Waals surface area contributed by atoms with Crippen LogP contribution in [0.15, 0.2) is 41.3 Å². The Labute approximate surface area is 125 Å². The van der Waals surface area contributed by atoms with Crippen molar-refractivity contribution in [2.75, 3.05) is 4.72 Å². The summed E-state index contributed by atoms with van der Waals surface area (Å²) < 4.78 is 53.2. The van der Waals surface area contributed by atoms with Crippen LogP contribution in [-0.4, -0.2) is 13.5 Å². The molecule has 0 aliphatic rings. The molecule has 21 heavy (non-hydrogen) atoms. The van der Waals surface area contributed by atoms with Crippen LogP contribution in [0.5, 0.6) is 0 Å². The Morgan fingerprint density at radius 3 is 2.57 bits per heavy atom. The molecule has 0 spiro atoms. The smallest absolute Gasteiger partial charge is 0.262 e. The van der Waals surface area contributed by atoms with E-state index in [1.807, 2.05) is 4.72 Å². The van der Waals surface area contributed by atoms with Gasteiger partial charge in [-0.15, -0.1) is 0 Å². The number of hydrogen-bond acceptors (Lipinski definition) is 3. The van der Waals surface area contributed by atoms with E-state index in [2.05, 4.69) is 0 Å². The molecule has 0 unspecified atom stereocenters. The van der Waals surface area contributed by atoms with Crippen molar-refractivity contribution in [3.63, 3.8) is 0 Å². The second-order valence-corrected chi connectivity index (χ2v) is 6.21. The van der Waals surface area contributed by atoms with E-state index in [4.69, 9.17) is 16.7 Å². The van der Waals surface area contributed by atoms with Gasteiger partial charge >= 0.3 is 0 Å². The first-order valence-corrected chi connectivity index (χ1v) is 7.57. The lowest BCUT2D eigenvalue weighted by atomic mass is 10.2. The Bertz CT molecular complexity index is 781. The summed E-state index contributed by atoms with van der Waals surface area (Å²) in [6.07, 6.45) is 0. The fourth-order valence-electron chi connectivity index (χ4n) is 1.63. The topological polar surface area (TPSA) is 66.4 Å². The molecular formula is C13H10ClF2NO3S. The normalized spacial score (nSPS) is 11.4. The number of rotatable bonds is 4. The monoisotopic (exact) mass is 333 g/mol. The molecule has 0 saturated heterocycles. The molecule has 0 bridgehead atoms. The van der Waals surface area contributed by atoms with Gasteiger partial charge in [-0.1, -0.05) is 17.7 Å². The van der Waals surface area contributed by atoms with Crippen molar-refractivity contribution in [2.24, 2.45) is 0 Å². The number of hydrogen-bond donors (Lipinski definition) is 2. The number of nitrogens with one attached hydrogen (secondary N) is 1. The van der Waals surface area contributed by atoms with Crippen molar-refractivity contribution in [2.45, 2.75) is 11.5 Å². The van der Waals surface area contributed by atoms with Crippen LogP contribution in [0, 0.1) is 11.6 Å². The first kappa shape index (κ1) is 15.7. The minimum atomic E-state index is -4.13. The molecule has 0 fully saturated rings. The summed E-state index contributed by atoms with van der Waals surface area (Å²) in [6, 6.07) is 6.76. The van der Waals surface area contributed by atoms with Gasteiger partial charge in [0.25, 0.3) is 10.0 Å². The van der Waals surface area contributed by atoms with Crippen LogP contribution in [0.1, 0.15) is 5.56 Å². The molecule has 4 nitrogen and oxygen atoms in total. The first-order chi connectivity index (χ1) is 9.85. The Morgan fingerprint density at radius 2 is 1.90 bits per heavy atom. The SMILES string of the molecule is O=S(=O)(Nc1cccc(Cl)c1F)c1ccc(F)c(CO)c1. The average Bonchev–Trinajstić information content (AvgIpc) is 2.44. The molecule has 0 aliphatic carbocycles. The summed E-state index contributed by atoms with van der Waals surface area (Å²) >= 11 is 5.56. The third kappa shape index (κ3) is 3.31. The van der Waals surface area contributed by atoms with E-state index in [9.17, 15) is 17.2 Å². The molecule has 112 valence electrons. The number of aliphatic hydroxyl groups is 1. The second kappa shape index (κ2) is 5.97. The highest BCUT2D eigenvalue weighted by Crippen LogP contribution is 2.25. The summed E-state index contributed by atoms with van der Waals surface area (Å²) in [4.78, 5) is -0.299. The molecule has 0 saturated carbocycles. The molecule has 0 heterocycles. The zero-order valence-electron chi connectivity index (χ0n) is 10.5. The van der Waals surface area contributed by atoms with Crippen molar-refractivity contribution in [3.8, 4) is 0 Å². The molecule has 8 heteroatoms. The predicted molar refractivity (Wildman–Crippen MR) is 74.5 cm³/mol. The standard InChI is InChI=1S/C13H10ClF2NO3S/c14-10-2-1-3-12(13(10)16)17-21(19,20)9-4-5-11(15)8(6-9)7-18/h1-6,17-18H,7H2. The molecule has 0 amide bonds. The fraction of sp³-hybridized carbons (Fsp3) is 0.0769. The van der Waals surface area contributed by atoms with E-state index in [0.29, 0.717) is 0 Å². The van der Waals surface area contributed by atoms with Gasteiger partial charge in [-0.25, -0.2) is 17.2 Å². The molecule has 2 N–H and O–H groups in total. The van der Waals surface area contributed by atoms with Gasteiger partial charge in [-0.3, -0.25) is 4.72 Å². The van der Waals surface area contributed by atoms with Crippen LogP contribution in [0.2, 0.25) is 5.02 Å². The predicted octanol–water partition coefficient (Wildman–Crippen LogP) is 2.91. The number of benzene rings is 2. The van der Waals surface area contributed by atoms with Crippen LogP contribution >= 0.6 is 11.6 Å². The van der Waals surface area contributed by atoms with E-state index < -0.39 is 28.3 Å². The number of aliphatic hydroxyl groups excluding tert-OH is 1. The lowest BCUT2D eigenvalue weighted by Gasteiger charge is -2.10. The molecule has 0 aliphatic heterocycles. The van der Waals surface area contributed by atoms with Crippen LogP contribution in [0.25, 0.3) is 0 Å². The van der Waals surface area contributed by atoms with Gasteiger partial charge in [0.2, 0.25) is 0 Å². The lowest BCUT2D eigenvalue weighted by molar-refractivity contribution is 0.275. The highest BCUT2D eigenvalue weighted by atomic mass is 35.5. The summed E-state index contributed by atoms with van der Waals surface area (Å²) in [6.45, 7) is -0.652. The largest absolute Gasteiger partial charge is 0.392 e. The molecular weight excluding hydrogens is 324 g/mol. The van der Waals surface area contributed by atoms with Crippen molar-refractivity contribution in [3.05, 3.63) is 58.6 Å². The third-order valence-corrected chi connectivity index (χ3v) is 4.35. The molecule has 2 aromatic rings. The Balaban J connectivity index is 2.41. The zero-order valence-corrected chi connectivity index (χ0v) is 12.0. The molecule has 2 aromatic carbocycles. The van der Waals surface area contributed by atoms with Crippen LogP contribution in [-0.2, 0) is 16.6 Å². The van der Waals surface area contributed by atoms with Crippen molar-refractivity contribution < 1.29 is 22.3 Å². The van der Waals surface area contributed by atoms with Gasteiger partial charge in [0, 0.05) is 5.56 Å². The van der Waals surface area contributed by atoms with E-state index in [-0.39, 0.29) is 21.2 Å². The first-order valence-electron chi connectivity index (χ1n) is 5.71. The van der Waals surface area contributed by atoms with Gasteiger partial charge in [-0.2, -0.15) is 0 Å². The maximum atomic E-state index is 13.7. The van der Waals surface area contributed by atoms with Gasteiger partial charge in [0.05, 0.1) is 22.2 Å². The summed E-state index contributed by atoms with van der Waals surface area (Å²) in [5.41, 5.74) is -0.498. The molecule has 2 rings (SSSR count). The fourth-order valence-corrected chi connectivity index (χ4v) is 2.91. The number of halogens is 3. The van der Waals surface area contributed by atoms with Crippen molar-refractivity contribution >= 4 is 27.3 Å². The number of anilines is 1. The Kier molecular flexibility index (Phi) is 4.46. The van der Waals surface area contributed by atoms with Gasteiger partial charge < -0.3 is 5.11 Å². The molecule has 0 aromatic heterocycles. The Hall–Kier alpha value is -1.70. The van der Waals surface area contributed by atoms with Crippen LogP contribution in [0.3, 0.4) is 0 Å². The van der Waals surface area contributed by atoms with E-state index >= 15 is 0 Å². The zero-order chi connectivity index (χ0) is 15.6. The maximum absolute atomic E-state index is 13.7. The highest BCUT2D eigenvalue weighted by Gasteiger charge is 2.18. The molecule has 0 atom stereocenters. The molecule has 0 radical (unpaired) electrons.